The molecule has 1 aromatic carbocycles. The Kier molecular flexibility index (Phi) is 4.74. The van der Waals surface area contributed by atoms with Crippen molar-refractivity contribution in [2.45, 2.75) is 25.3 Å². The van der Waals surface area contributed by atoms with Crippen LogP contribution in [0.2, 0.25) is 0 Å². The zero-order valence-electron chi connectivity index (χ0n) is 15.8. The van der Waals surface area contributed by atoms with Crippen molar-refractivity contribution in [1.29, 1.82) is 0 Å². The van der Waals surface area contributed by atoms with Crippen molar-refractivity contribution in [2.75, 3.05) is 26.2 Å². The van der Waals surface area contributed by atoms with Crippen LogP contribution in [0.4, 0.5) is 0 Å². The summed E-state index contributed by atoms with van der Waals surface area (Å²) in [6.45, 7) is 4.33. The third-order valence-corrected chi connectivity index (χ3v) is 6.32. The molecule has 0 N–H and O–H groups in total. The first kappa shape index (κ1) is 17.6. The summed E-state index contributed by atoms with van der Waals surface area (Å²) in [4.78, 5) is 17.7. The van der Waals surface area contributed by atoms with Crippen molar-refractivity contribution in [3.05, 3.63) is 70.2 Å². The van der Waals surface area contributed by atoms with Gasteiger partial charge in [0.25, 0.3) is 5.91 Å². The summed E-state index contributed by atoms with van der Waals surface area (Å²) < 4.78 is 1.84. The maximum atomic E-state index is 13.3. The van der Waals surface area contributed by atoms with E-state index in [9.17, 15) is 4.79 Å². The Morgan fingerprint density at radius 3 is 2.54 bits per heavy atom. The van der Waals surface area contributed by atoms with Crippen molar-refractivity contribution in [1.82, 2.24) is 19.6 Å². The van der Waals surface area contributed by atoms with Gasteiger partial charge in [0, 0.05) is 38.6 Å². The van der Waals surface area contributed by atoms with E-state index in [2.05, 4.69) is 21.7 Å². The first-order valence-electron chi connectivity index (χ1n) is 9.96. The third-order valence-electron chi connectivity index (χ3n) is 5.59. The van der Waals surface area contributed by atoms with Crippen molar-refractivity contribution in [3.63, 3.8) is 0 Å². The van der Waals surface area contributed by atoms with Gasteiger partial charge in [0.15, 0.2) is 0 Å². The molecule has 1 saturated heterocycles. The lowest BCUT2D eigenvalue weighted by atomic mass is 10.2. The number of aromatic nitrogens is 2. The van der Waals surface area contributed by atoms with Crippen LogP contribution in [-0.4, -0.2) is 51.7 Å². The molecule has 1 aliphatic heterocycles. The van der Waals surface area contributed by atoms with Gasteiger partial charge in [0.1, 0.15) is 5.69 Å². The lowest BCUT2D eigenvalue weighted by molar-refractivity contribution is 0.0619. The van der Waals surface area contributed by atoms with Crippen LogP contribution in [0.15, 0.2) is 53.2 Å². The molecule has 5 nitrogen and oxygen atoms in total. The second-order valence-corrected chi connectivity index (χ2v) is 8.46. The molecule has 1 saturated carbocycles. The van der Waals surface area contributed by atoms with E-state index in [-0.39, 0.29) is 5.91 Å². The van der Waals surface area contributed by atoms with E-state index in [0.29, 0.717) is 11.6 Å². The third kappa shape index (κ3) is 3.62. The minimum absolute atomic E-state index is 0.0958. The number of amides is 1. The molecule has 5 rings (SSSR count). The molecule has 2 aliphatic rings. The van der Waals surface area contributed by atoms with Crippen LogP contribution < -0.4 is 0 Å². The Morgan fingerprint density at radius 1 is 1.07 bits per heavy atom. The van der Waals surface area contributed by atoms with Crippen molar-refractivity contribution in [3.8, 4) is 5.69 Å². The van der Waals surface area contributed by atoms with E-state index >= 15 is 0 Å². The monoisotopic (exact) mass is 392 g/mol. The van der Waals surface area contributed by atoms with E-state index < -0.39 is 0 Å². The van der Waals surface area contributed by atoms with Gasteiger partial charge >= 0.3 is 0 Å². The molecule has 2 fully saturated rings. The van der Waals surface area contributed by atoms with Gasteiger partial charge in [0.05, 0.1) is 11.4 Å². The zero-order valence-corrected chi connectivity index (χ0v) is 16.6. The van der Waals surface area contributed by atoms with Crippen LogP contribution in [0.3, 0.4) is 0 Å². The van der Waals surface area contributed by atoms with Crippen LogP contribution in [0.25, 0.3) is 5.69 Å². The highest BCUT2D eigenvalue weighted by atomic mass is 32.1. The first-order chi connectivity index (χ1) is 13.8. The molecule has 0 spiro atoms. The molecule has 2 aromatic heterocycles. The van der Waals surface area contributed by atoms with Gasteiger partial charge in [-0.15, -0.1) is 0 Å². The molecule has 3 heterocycles. The summed E-state index contributed by atoms with van der Waals surface area (Å²) in [7, 11) is 0. The van der Waals surface area contributed by atoms with E-state index in [4.69, 9.17) is 5.10 Å². The lowest BCUT2D eigenvalue weighted by Crippen LogP contribution is -2.48. The maximum Gasteiger partial charge on any atom is 0.272 e. The summed E-state index contributed by atoms with van der Waals surface area (Å²) >= 11 is 1.74. The lowest BCUT2D eigenvalue weighted by Gasteiger charge is -2.34. The predicted molar refractivity (Wildman–Crippen MR) is 111 cm³/mol. The Morgan fingerprint density at radius 2 is 1.86 bits per heavy atom. The summed E-state index contributed by atoms with van der Waals surface area (Å²) in [5, 5.41) is 9.11. The maximum absolute atomic E-state index is 13.3. The van der Waals surface area contributed by atoms with E-state index in [1.807, 2.05) is 46.0 Å². The minimum atomic E-state index is 0.0958. The van der Waals surface area contributed by atoms with Crippen LogP contribution in [0, 0.1) is 0 Å². The number of para-hydroxylation sites is 1. The summed E-state index contributed by atoms with van der Waals surface area (Å²) in [5.41, 5.74) is 4.07. The fraction of sp³-hybridized carbons (Fsp3) is 0.364. The number of nitrogens with zero attached hydrogens (tertiary/aromatic N) is 4. The molecule has 6 heteroatoms. The molecule has 28 heavy (non-hydrogen) atoms. The Bertz CT molecular complexity index is 938. The molecule has 144 valence electrons. The zero-order chi connectivity index (χ0) is 18.9. The fourth-order valence-corrected chi connectivity index (χ4v) is 4.47. The topological polar surface area (TPSA) is 41.4 Å². The van der Waals surface area contributed by atoms with Gasteiger partial charge in [0.2, 0.25) is 0 Å². The number of piperazine rings is 1. The Balaban J connectivity index is 1.33. The normalized spacial score (nSPS) is 17.8. The van der Waals surface area contributed by atoms with Gasteiger partial charge in [-0.2, -0.15) is 16.4 Å². The first-order valence-corrected chi connectivity index (χ1v) is 10.9. The number of hydrogen-bond acceptors (Lipinski definition) is 4. The molecular weight excluding hydrogens is 368 g/mol. The van der Waals surface area contributed by atoms with E-state index in [1.54, 1.807) is 11.3 Å². The van der Waals surface area contributed by atoms with Crippen molar-refractivity contribution >= 4 is 17.2 Å². The average Bonchev–Trinajstić information content (AvgIpc) is 3.28. The SMILES string of the molecule is O=C(c1cc(C2CC2)nn1-c1ccccc1)N1CCN(Cc2ccsc2)CC1. The number of carbonyl (C=O) groups excluding carboxylic acids is 1. The number of hydrogen-bond donors (Lipinski definition) is 0. The highest BCUT2D eigenvalue weighted by Crippen LogP contribution is 2.39. The second-order valence-electron chi connectivity index (χ2n) is 7.68. The summed E-state index contributed by atoms with van der Waals surface area (Å²) in [5.74, 6) is 0.623. The highest BCUT2D eigenvalue weighted by molar-refractivity contribution is 7.07. The van der Waals surface area contributed by atoms with Gasteiger partial charge in [-0.3, -0.25) is 9.69 Å². The van der Waals surface area contributed by atoms with Gasteiger partial charge in [-0.05, 0) is 53.4 Å². The van der Waals surface area contributed by atoms with Crippen LogP contribution in [0.1, 0.15) is 40.5 Å². The quantitative estimate of drug-likeness (QED) is 0.664. The molecule has 3 aromatic rings. The number of benzene rings is 1. The second kappa shape index (κ2) is 7.53. The summed E-state index contributed by atoms with van der Waals surface area (Å²) in [6, 6.07) is 14.2. The molecule has 0 radical (unpaired) electrons. The van der Waals surface area contributed by atoms with Crippen LogP contribution in [-0.2, 0) is 6.54 Å². The van der Waals surface area contributed by atoms with E-state index in [0.717, 1.165) is 44.1 Å². The number of rotatable bonds is 5. The Labute approximate surface area is 169 Å². The Hall–Kier alpha value is -2.44. The van der Waals surface area contributed by atoms with Crippen molar-refractivity contribution in [2.24, 2.45) is 0 Å². The minimum Gasteiger partial charge on any atom is -0.335 e. The molecule has 0 bridgehead atoms. The number of carbonyl (C=O) groups is 1. The van der Waals surface area contributed by atoms with E-state index in [1.165, 1.54) is 18.4 Å². The van der Waals surface area contributed by atoms with Crippen LogP contribution >= 0.6 is 11.3 Å². The fourth-order valence-electron chi connectivity index (χ4n) is 3.81. The molecule has 0 unspecified atom stereocenters. The van der Waals surface area contributed by atoms with Crippen molar-refractivity contribution < 1.29 is 4.79 Å². The molecule has 0 atom stereocenters. The van der Waals surface area contributed by atoms with Gasteiger partial charge in [-0.1, -0.05) is 18.2 Å². The predicted octanol–water partition coefficient (Wildman–Crippen LogP) is 3.77. The molecule has 1 amide bonds. The molecule has 1 aliphatic carbocycles. The standard InChI is InChI=1S/C22H24N4OS/c27-22(25-11-9-24(10-12-25)15-17-8-13-28-16-17)21-14-20(18-6-7-18)23-26(21)19-4-2-1-3-5-19/h1-5,8,13-14,16,18H,6-7,9-12,15H2. The largest absolute Gasteiger partial charge is 0.335 e. The smallest absolute Gasteiger partial charge is 0.272 e. The molecular formula is C22H24N4OS. The summed E-state index contributed by atoms with van der Waals surface area (Å²) in [6.07, 6.45) is 2.36. The van der Waals surface area contributed by atoms with Crippen LogP contribution in [0.5, 0.6) is 0 Å². The number of thiophene rings is 1. The average molecular weight is 393 g/mol. The van der Waals surface area contributed by atoms with Gasteiger partial charge < -0.3 is 4.90 Å². The van der Waals surface area contributed by atoms with Gasteiger partial charge in [-0.25, -0.2) is 4.68 Å². The highest BCUT2D eigenvalue weighted by Gasteiger charge is 2.31.